The van der Waals surface area contributed by atoms with E-state index < -0.39 is 0 Å². The second kappa shape index (κ2) is 6.87. The molecule has 0 bridgehead atoms. The van der Waals surface area contributed by atoms with Gasteiger partial charge in [-0.15, -0.1) is 10.2 Å². The first-order chi connectivity index (χ1) is 10.4. The molecule has 1 atom stereocenters. The number of aromatic nitrogens is 2. The van der Waals surface area contributed by atoms with Crippen molar-refractivity contribution in [2.45, 2.75) is 25.9 Å². The van der Waals surface area contributed by atoms with Gasteiger partial charge in [-0.2, -0.15) is 0 Å². The summed E-state index contributed by atoms with van der Waals surface area (Å²) in [6.07, 6.45) is 1.88. The summed E-state index contributed by atoms with van der Waals surface area (Å²) in [5, 5.41) is 13.8. The predicted molar refractivity (Wildman–Crippen MR) is 82.1 cm³/mol. The van der Waals surface area contributed by atoms with Gasteiger partial charge in [-0.1, -0.05) is 30.4 Å². The van der Waals surface area contributed by atoms with Crippen molar-refractivity contribution in [3.05, 3.63) is 34.3 Å². The Morgan fingerprint density at radius 2 is 2.14 bits per heavy atom. The summed E-state index contributed by atoms with van der Waals surface area (Å²) in [5.74, 6) is 1.57. The molecule has 1 aliphatic heterocycles. The molecule has 0 saturated heterocycles. The molecule has 1 unspecified atom stereocenters. The number of hydrogen-bond acceptors (Lipinski definition) is 6. The molecule has 112 valence electrons. The SMILES string of the molecule is CCNCCCc1nnc(C2COc3ccccc3O2)s1. The number of aryl methyl sites for hydroxylation is 1. The monoisotopic (exact) mass is 305 g/mol. The van der Waals surface area contributed by atoms with E-state index in [4.69, 9.17) is 9.47 Å². The van der Waals surface area contributed by atoms with E-state index in [-0.39, 0.29) is 6.10 Å². The Labute approximate surface area is 128 Å². The van der Waals surface area contributed by atoms with Gasteiger partial charge in [-0.25, -0.2) is 0 Å². The Hall–Kier alpha value is -1.66. The fraction of sp³-hybridized carbons (Fsp3) is 0.467. The number of nitrogens with one attached hydrogen (secondary N) is 1. The van der Waals surface area contributed by atoms with E-state index in [0.29, 0.717) is 6.61 Å². The number of fused-ring (bicyclic) bond motifs is 1. The first-order valence-electron chi connectivity index (χ1n) is 7.28. The summed E-state index contributed by atoms with van der Waals surface area (Å²) >= 11 is 1.62. The molecule has 1 N–H and O–H groups in total. The van der Waals surface area contributed by atoms with Gasteiger partial charge in [0.25, 0.3) is 0 Å². The quantitative estimate of drug-likeness (QED) is 0.831. The molecule has 3 rings (SSSR count). The maximum absolute atomic E-state index is 5.94. The predicted octanol–water partition coefficient (Wildman–Crippen LogP) is 2.59. The van der Waals surface area contributed by atoms with Gasteiger partial charge in [0.2, 0.25) is 0 Å². The Bertz CT molecular complexity index is 588. The van der Waals surface area contributed by atoms with Gasteiger partial charge >= 0.3 is 0 Å². The third kappa shape index (κ3) is 3.51. The van der Waals surface area contributed by atoms with Crippen LogP contribution < -0.4 is 14.8 Å². The molecule has 0 spiro atoms. The van der Waals surface area contributed by atoms with Gasteiger partial charge < -0.3 is 14.8 Å². The van der Waals surface area contributed by atoms with Crippen molar-refractivity contribution < 1.29 is 9.47 Å². The molecule has 0 radical (unpaired) electrons. The molecule has 21 heavy (non-hydrogen) atoms. The topological polar surface area (TPSA) is 56.3 Å². The zero-order chi connectivity index (χ0) is 14.5. The van der Waals surface area contributed by atoms with Crippen LogP contribution in [0.15, 0.2) is 24.3 Å². The Morgan fingerprint density at radius 3 is 3.00 bits per heavy atom. The summed E-state index contributed by atoms with van der Waals surface area (Å²) in [4.78, 5) is 0. The van der Waals surface area contributed by atoms with Gasteiger partial charge in [0.15, 0.2) is 22.6 Å². The van der Waals surface area contributed by atoms with E-state index in [0.717, 1.165) is 47.4 Å². The molecule has 2 aromatic rings. The van der Waals surface area contributed by atoms with Gasteiger partial charge in [0.05, 0.1) is 0 Å². The minimum Gasteiger partial charge on any atom is -0.485 e. The number of rotatable bonds is 6. The zero-order valence-electron chi connectivity index (χ0n) is 12.0. The van der Waals surface area contributed by atoms with Crippen LogP contribution >= 0.6 is 11.3 Å². The molecule has 1 aromatic heterocycles. The number of para-hydroxylation sites is 2. The first kappa shape index (κ1) is 14.3. The maximum atomic E-state index is 5.94. The molecule has 5 nitrogen and oxygen atoms in total. The van der Waals surface area contributed by atoms with Gasteiger partial charge in [0.1, 0.15) is 11.6 Å². The Balaban J connectivity index is 1.59. The largest absolute Gasteiger partial charge is 0.485 e. The van der Waals surface area contributed by atoms with Crippen LogP contribution in [0.3, 0.4) is 0 Å². The van der Waals surface area contributed by atoms with Crippen LogP contribution in [0.1, 0.15) is 29.5 Å². The number of benzene rings is 1. The lowest BCUT2D eigenvalue weighted by atomic mass is 10.3. The summed E-state index contributed by atoms with van der Waals surface area (Å²) < 4.78 is 11.7. The van der Waals surface area contributed by atoms with Crippen molar-refractivity contribution in [1.29, 1.82) is 0 Å². The minimum absolute atomic E-state index is 0.153. The second-order valence-electron chi connectivity index (χ2n) is 4.86. The minimum atomic E-state index is -0.153. The lowest BCUT2D eigenvalue weighted by molar-refractivity contribution is 0.0906. The van der Waals surface area contributed by atoms with Crippen LogP contribution in [0.4, 0.5) is 0 Å². The Kier molecular flexibility index (Phi) is 4.67. The van der Waals surface area contributed by atoms with Crippen LogP contribution in [-0.2, 0) is 6.42 Å². The fourth-order valence-electron chi connectivity index (χ4n) is 2.18. The van der Waals surface area contributed by atoms with Crippen molar-refractivity contribution in [2.75, 3.05) is 19.7 Å². The van der Waals surface area contributed by atoms with E-state index in [1.165, 1.54) is 0 Å². The molecule has 0 saturated carbocycles. The zero-order valence-corrected chi connectivity index (χ0v) is 12.9. The molecular weight excluding hydrogens is 286 g/mol. The highest BCUT2D eigenvalue weighted by atomic mass is 32.1. The van der Waals surface area contributed by atoms with Gasteiger partial charge in [-0.3, -0.25) is 0 Å². The summed E-state index contributed by atoms with van der Waals surface area (Å²) in [7, 11) is 0. The molecule has 0 fully saturated rings. The van der Waals surface area contributed by atoms with E-state index in [1.54, 1.807) is 11.3 Å². The van der Waals surface area contributed by atoms with Gasteiger partial charge in [-0.05, 0) is 31.6 Å². The molecule has 0 aliphatic carbocycles. The van der Waals surface area contributed by atoms with Crippen molar-refractivity contribution >= 4 is 11.3 Å². The van der Waals surface area contributed by atoms with Crippen LogP contribution in [0.25, 0.3) is 0 Å². The third-order valence-corrected chi connectivity index (χ3v) is 4.34. The average Bonchev–Trinajstić information content (AvgIpc) is 3.00. The van der Waals surface area contributed by atoms with Gasteiger partial charge in [0, 0.05) is 6.42 Å². The van der Waals surface area contributed by atoms with Crippen molar-refractivity contribution in [3.8, 4) is 11.5 Å². The summed E-state index contributed by atoms with van der Waals surface area (Å²) in [6.45, 7) is 4.63. The van der Waals surface area contributed by atoms with E-state index in [1.807, 2.05) is 24.3 Å². The van der Waals surface area contributed by atoms with Crippen molar-refractivity contribution in [1.82, 2.24) is 15.5 Å². The summed E-state index contributed by atoms with van der Waals surface area (Å²) in [6, 6.07) is 7.71. The second-order valence-corrected chi connectivity index (χ2v) is 5.95. The molecule has 1 aromatic carbocycles. The van der Waals surface area contributed by atoms with E-state index >= 15 is 0 Å². The fourth-order valence-corrected chi connectivity index (χ4v) is 3.08. The Morgan fingerprint density at radius 1 is 1.29 bits per heavy atom. The van der Waals surface area contributed by atoms with Crippen molar-refractivity contribution in [3.63, 3.8) is 0 Å². The molecule has 6 heteroatoms. The molecular formula is C15H19N3O2S. The van der Waals surface area contributed by atoms with Crippen LogP contribution in [-0.4, -0.2) is 29.9 Å². The number of ether oxygens (including phenoxy) is 2. The third-order valence-electron chi connectivity index (χ3n) is 3.26. The average molecular weight is 305 g/mol. The van der Waals surface area contributed by atoms with E-state index in [9.17, 15) is 0 Å². The maximum Gasteiger partial charge on any atom is 0.186 e. The standard InChI is InChI=1S/C15H19N3O2S/c1-2-16-9-5-8-14-17-18-15(21-14)13-10-19-11-6-3-4-7-12(11)20-13/h3-4,6-7,13,16H,2,5,8-10H2,1H3. The lowest BCUT2D eigenvalue weighted by Crippen LogP contribution is -2.21. The molecule has 0 amide bonds. The lowest BCUT2D eigenvalue weighted by Gasteiger charge is -2.24. The highest BCUT2D eigenvalue weighted by Gasteiger charge is 2.25. The van der Waals surface area contributed by atoms with Crippen LogP contribution in [0.2, 0.25) is 0 Å². The molecule has 1 aliphatic rings. The number of hydrogen-bond donors (Lipinski definition) is 1. The summed E-state index contributed by atoms with van der Waals surface area (Å²) in [5.41, 5.74) is 0. The van der Waals surface area contributed by atoms with Crippen LogP contribution in [0, 0.1) is 0 Å². The van der Waals surface area contributed by atoms with Crippen molar-refractivity contribution in [2.24, 2.45) is 0 Å². The number of nitrogens with zero attached hydrogens (tertiary/aromatic N) is 2. The van der Waals surface area contributed by atoms with E-state index in [2.05, 4.69) is 22.4 Å². The van der Waals surface area contributed by atoms with Crippen LogP contribution in [0.5, 0.6) is 11.5 Å². The highest BCUT2D eigenvalue weighted by molar-refractivity contribution is 7.11. The smallest absolute Gasteiger partial charge is 0.186 e. The normalized spacial score (nSPS) is 16.9. The highest BCUT2D eigenvalue weighted by Crippen LogP contribution is 2.36. The molecule has 2 heterocycles. The first-order valence-corrected chi connectivity index (χ1v) is 8.10.